The smallest absolute Gasteiger partial charge is 0.126 e. The van der Waals surface area contributed by atoms with Crippen LogP contribution < -0.4 is 4.90 Å². The van der Waals surface area contributed by atoms with Gasteiger partial charge in [-0.1, -0.05) is 17.7 Å². The zero-order valence-electron chi connectivity index (χ0n) is 15.9. The van der Waals surface area contributed by atoms with Crippen LogP contribution in [0.5, 0.6) is 0 Å². The number of hydrogen-bond acceptors (Lipinski definition) is 2. The van der Waals surface area contributed by atoms with E-state index in [1.54, 1.807) is 25.3 Å². The molecular weight excluding hydrogens is 347 g/mol. The second kappa shape index (κ2) is 6.88. The van der Waals surface area contributed by atoms with Crippen LogP contribution in [0, 0.1) is 12.7 Å². The molecule has 0 spiro atoms. The van der Waals surface area contributed by atoms with Crippen LogP contribution in [0.25, 0.3) is 5.57 Å². The second-order valence-corrected chi connectivity index (χ2v) is 7.72. The lowest BCUT2D eigenvalue weighted by atomic mass is 9.88. The van der Waals surface area contributed by atoms with Crippen molar-refractivity contribution >= 4 is 34.8 Å². The van der Waals surface area contributed by atoms with Gasteiger partial charge in [-0.15, -0.1) is 0 Å². The maximum absolute atomic E-state index is 13.4. The molecule has 0 saturated heterocycles. The number of rotatable bonds is 3. The number of hydrogen-bond donors (Lipinski definition) is 0. The third-order valence-corrected chi connectivity index (χ3v) is 5.23. The summed E-state index contributed by atoms with van der Waals surface area (Å²) in [6.07, 6.45) is 4.04. The lowest BCUT2D eigenvalue weighted by Gasteiger charge is -2.43. The minimum atomic E-state index is -0.223. The molecule has 0 N–H and O–H groups in total. The van der Waals surface area contributed by atoms with Crippen molar-refractivity contribution in [1.29, 1.82) is 0 Å². The Morgan fingerprint density at radius 1 is 1.19 bits per heavy atom. The Bertz CT molecular complexity index is 913. The number of allylic oxidation sites excluding steroid dienone is 1. The summed E-state index contributed by atoms with van der Waals surface area (Å²) in [5, 5.41) is 0.662. The fourth-order valence-corrected chi connectivity index (χ4v) is 3.85. The Morgan fingerprint density at radius 2 is 1.92 bits per heavy atom. The Kier molecular flexibility index (Phi) is 4.94. The standard InChI is InChI=1S/C22H24ClFN2/c1-6-26-21-11-19(23)16(10-18(21)15(3)12-22(26,4)5)13-25-17-7-8-20(24)14(2)9-17/h7-13H,6H2,1-5H3. The van der Waals surface area contributed by atoms with Crippen LogP contribution in [-0.4, -0.2) is 18.3 Å². The van der Waals surface area contributed by atoms with Crippen molar-refractivity contribution in [2.24, 2.45) is 4.99 Å². The van der Waals surface area contributed by atoms with Gasteiger partial charge in [-0.05, 0) is 76.1 Å². The van der Waals surface area contributed by atoms with E-state index in [9.17, 15) is 4.39 Å². The average molecular weight is 371 g/mol. The summed E-state index contributed by atoms with van der Waals surface area (Å²) < 4.78 is 13.4. The molecule has 0 saturated carbocycles. The molecule has 0 aromatic heterocycles. The summed E-state index contributed by atoms with van der Waals surface area (Å²) >= 11 is 6.55. The minimum absolute atomic E-state index is 0.0452. The fourth-order valence-electron chi connectivity index (χ4n) is 3.64. The van der Waals surface area contributed by atoms with Crippen LogP contribution in [0.3, 0.4) is 0 Å². The SMILES string of the molecule is CCN1c2cc(Cl)c(C=Nc3ccc(F)c(C)c3)cc2C(C)=CC1(C)C. The molecule has 1 aliphatic heterocycles. The van der Waals surface area contributed by atoms with E-state index in [0.29, 0.717) is 16.3 Å². The predicted molar refractivity (Wildman–Crippen MR) is 111 cm³/mol. The zero-order valence-corrected chi connectivity index (χ0v) is 16.7. The highest BCUT2D eigenvalue weighted by molar-refractivity contribution is 6.33. The molecule has 3 rings (SSSR count). The van der Waals surface area contributed by atoms with Gasteiger partial charge >= 0.3 is 0 Å². The van der Waals surface area contributed by atoms with Gasteiger partial charge in [0, 0.05) is 29.6 Å². The number of anilines is 1. The van der Waals surface area contributed by atoms with Crippen molar-refractivity contribution in [2.45, 2.75) is 40.2 Å². The van der Waals surface area contributed by atoms with Crippen LogP contribution in [-0.2, 0) is 0 Å². The average Bonchev–Trinajstić information content (AvgIpc) is 2.56. The first-order chi connectivity index (χ1) is 12.2. The quantitative estimate of drug-likeness (QED) is 0.558. The highest BCUT2D eigenvalue weighted by atomic mass is 35.5. The molecule has 136 valence electrons. The van der Waals surface area contributed by atoms with Crippen molar-refractivity contribution in [3.8, 4) is 0 Å². The Balaban J connectivity index is 2.02. The summed E-state index contributed by atoms with van der Waals surface area (Å²) in [5.41, 5.74) is 5.66. The van der Waals surface area contributed by atoms with E-state index in [1.807, 2.05) is 6.07 Å². The Hall–Kier alpha value is -2.13. The molecule has 1 aliphatic rings. The predicted octanol–water partition coefficient (Wildman–Crippen LogP) is 6.56. The van der Waals surface area contributed by atoms with Gasteiger partial charge in [0.2, 0.25) is 0 Å². The van der Waals surface area contributed by atoms with E-state index in [4.69, 9.17) is 11.6 Å². The van der Waals surface area contributed by atoms with Gasteiger partial charge < -0.3 is 4.90 Å². The van der Waals surface area contributed by atoms with Crippen LogP contribution in [0.1, 0.15) is 44.4 Å². The van der Waals surface area contributed by atoms with Crippen LogP contribution >= 0.6 is 11.6 Å². The molecule has 0 aliphatic carbocycles. The summed E-state index contributed by atoms with van der Waals surface area (Å²) in [5.74, 6) is -0.223. The van der Waals surface area contributed by atoms with Crippen molar-refractivity contribution in [3.05, 3.63) is 63.9 Å². The fraction of sp³-hybridized carbons (Fsp3) is 0.318. The van der Waals surface area contributed by atoms with E-state index in [1.165, 1.54) is 17.2 Å². The molecule has 2 nitrogen and oxygen atoms in total. The summed E-state index contributed by atoms with van der Waals surface area (Å²) in [7, 11) is 0. The van der Waals surface area contributed by atoms with Crippen molar-refractivity contribution in [3.63, 3.8) is 0 Å². The second-order valence-electron chi connectivity index (χ2n) is 7.31. The highest BCUT2D eigenvalue weighted by Crippen LogP contribution is 2.41. The molecule has 0 atom stereocenters. The molecular formula is C22H24ClFN2. The Morgan fingerprint density at radius 3 is 2.58 bits per heavy atom. The summed E-state index contributed by atoms with van der Waals surface area (Å²) in [4.78, 5) is 6.82. The minimum Gasteiger partial charge on any atom is -0.363 e. The lowest BCUT2D eigenvalue weighted by Crippen LogP contribution is -2.44. The first kappa shape index (κ1) is 18.7. The summed E-state index contributed by atoms with van der Waals surface area (Å²) in [6, 6.07) is 8.93. The van der Waals surface area contributed by atoms with E-state index in [2.05, 4.69) is 49.7 Å². The van der Waals surface area contributed by atoms with Crippen LogP contribution in [0.15, 0.2) is 41.4 Å². The molecule has 4 heteroatoms. The molecule has 0 radical (unpaired) electrons. The third-order valence-electron chi connectivity index (χ3n) is 4.91. The van der Waals surface area contributed by atoms with Crippen molar-refractivity contribution < 1.29 is 4.39 Å². The number of benzene rings is 2. The van der Waals surface area contributed by atoms with E-state index >= 15 is 0 Å². The number of aryl methyl sites for hydroxylation is 1. The molecule has 1 heterocycles. The summed E-state index contributed by atoms with van der Waals surface area (Å²) in [6.45, 7) is 11.3. The van der Waals surface area contributed by atoms with Gasteiger partial charge in [0.1, 0.15) is 5.82 Å². The number of fused-ring (bicyclic) bond motifs is 1. The molecule has 26 heavy (non-hydrogen) atoms. The number of halogens is 2. The van der Waals surface area contributed by atoms with Gasteiger partial charge in [-0.25, -0.2) is 4.39 Å². The zero-order chi connectivity index (χ0) is 19.1. The number of aliphatic imine (C=N–C) groups is 1. The van der Waals surface area contributed by atoms with Crippen LogP contribution in [0.4, 0.5) is 15.8 Å². The largest absolute Gasteiger partial charge is 0.363 e. The highest BCUT2D eigenvalue weighted by Gasteiger charge is 2.30. The van der Waals surface area contributed by atoms with Gasteiger partial charge in [-0.3, -0.25) is 4.99 Å². The topological polar surface area (TPSA) is 15.6 Å². The first-order valence-electron chi connectivity index (χ1n) is 8.84. The molecule has 0 unspecified atom stereocenters. The molecule has 2 aromatic carbocycles. The Labute approximate surface area is 160 Å². The van der Waals surface area contributed by atoms with Gasteiger partial charge in [0.15, 0.2) is 0 Å². The molecule has 0 amide bonds. The van der Waals surface area contributed by atoms with Gasteiger partial charge in [0.25, 0.3) is 0 Å². The lowest BCUT2D eigenvalue weighted by molar-refractivity contribution is 0.566. The molecule has 0 bridgehead atoms. The first-order valence-corrected chi connectivity index (χ1v) is 9.22. The van der Waals surface area contributed by atoms with Crippen molar-refractivity contribution in [1.82, 2.24) is 0 Å². The van der Waals surface area contributed by atoms with E-state index < -0.39 is 0 Å². The maximum atomic E-state index is 13.4. The van der Waals surface area contributed by atoms with Crippen molar-refractivity contribution in [2.75, 3.05) is 11.4 Å². The molecule has 0 fully saturated rings. The maximum Gasteiger partial charge on any atom is 0.126 e. The van der Waals surface area contributed by atoms with Gasteiger partial charge in [-0.2, -0.15) is 0 Å². The van der Waals surface area contributed by atoms with E-state index in [0.717, 1.165) is 17.8 Å². The van der Waals surface area contributed by atoms with Gasteiger partial charge in [0.05, 0.1) is 16.2 Å². The van der Waals surface area contributed by atoms with E-state index in [-0.39, 0.29) is 11.4 Å². The number of likely N-dealkylation sites (N-methyl/N-ethyl adjacent to an activating group) is 1. The third kappa shape index (κ3) is 3.41. The molecule has 2 aromatic rings. The number of nitrogens with zero attached hydrogens (tertiary/aromatic N) is 2. The normalized spacial score (nSPS) is 16.0. The monoisotopic (exact) mass is 370 g/mol. The van der Waals surface area contributed by atoms with Crippen LogP contribution in [0.2, 0.25) is 5.02 Å².